The highest BCUT2D eigenvalue weighted by Gasteiger charge is 2.16. The van der Waals surface area contributed by atoms with E-state index in [0.29, 0.717) is 12.4 Å². The number of nitrogens with zero attached hydrogens (tertiary/aromatic N) is 1. The number of H-pyrrole nitrogens is 1. The maximum absolute atomic E-state index is 9.60. The van der Waals surface area contributed by atoms with Crippen molar-refractivity contribution in [1.82, 2.24) is 15.3 Å². The number of aromatic nitrogens is 2. The molecule has 0 amide bonds. The molecule has 1 fully saturated rings. The highest BCUT2D eigenvalue weighted by molar-refractivity contribution is 5.37. The largest absolute Gasteiger partial charge is 0.462 e. The predicted molar refractivity (Wildman–Crippen MR) is 70.3 cm³/mol. The van der Waals surface area contributed by atoms with Crippen LogP contribution in [0.5, 0.6) is 0 Å². The van der Waals surface area contributed by atoms with Crippen LogP contribution in [0.15, 0.2) is 12.4 Å². The Hall–Kier alpha value is -1.36. The van der Waals surface area contributed by atoms with E-state index >= 15 is 0 Å². The van der Waals surface area contributed by atoms with Gasteiger partial charge in [0.1, 0.15) is 11.4 Å². The third-order valence-corrected chi connectivity index (χ3v) is 2.65. The molecule has 1 aliphatic rings. The monoisotopic (exact) mass is 253 g/mol. The summed E-state index contributed by atoms with van der Waals surface area (Å²) in [5.41, 5.74) is -0.318. The normalized spacial score (nSPS) is 16.6. The quantitative estimate of drug-likeness (QED) is 0.789. The fourth-order valence-electron chi connectivity index (χ4n) is 1.74. The lowest BCUT2D eigenvalue weighted by Crippen LogP contribution is -2.27. The number of aromatic amines is 1. The van der Waals surface area contributed by atoms with Crippen molar-refractivity contribution in [2.24, 2.45) is 0 Å². The molecule has 2 heterocycles. The van der Waals surface area contributed by atoms with Crippen LogP contribution in [0, 0.1) is 0 Å². The first-order chi connectivity index (χ1) is 8.53. The summed E-state index contributed by atoms with van der Waals surface area (Å²) in [6, 6.07) is 0. The Bertz CT molecular complexity index is 325. The molecule has 1 aromatic rings. The first kappa shape index (κ1) is 14.7. The lowest BCUT2D eigenvalue weighted by Gasteiger charge is -2.20. The van der Waals surface area contributed by atoms with E-state index in [1.807, 2.05) is 33.2 Å². The van der Waals surface area contributed by atoms with Crippen LogP contribution in [0.3, 0.4) is 0 Å². The minimum atomic E-state index is -0.318. The molecular formula is C13H23N3O2. The third kappa shape index (κ3) is 5.82. The number of hydrogen-bond donors (Lipinski definition) is 2. The van der Waals surface area contributed by atoms with Crippen molar-refractivity contribution in [1.29, 1.82) is 0 Å². The maximum Gasteiger partial charge on any atom is 0.293 e. The summed E-state index contributed by atoms with van der Waals surface area (Å²) in [7, 11) is 0. The van der Waals surface area contributed by atoms with Crippen molar-refractivity contribution in [3.63, 3.8) is 0 Å². The van der Waals surface area contributed by atoms with Crippen molar-refractivity contribution in [3.8, 4) is 0 Å². The fourth-order valence-corrected chi connectivity index (χ4v) is 1.74. The molecule has 0 radical (unpaired) electrons. The van der Waals surface area contributed by atoms with Crippen molar-refractivity contribution in [3.05, 3.63) is 18.2 Å². The number of ether oxygens (including phenoxy) is 1. The van der Waals surface area contributed by atoms with Crippen LogP contribution >= 0.6 is 0 Å². The topological polar surface area (TPSA) is 67.0 Å². The van der Waals surface area contributed by atoms with Crippen LogP contribution in [0.2, 0.25) is 0 Å². The second kappa shape index (κ2) is 7.16. The molecule has 0 unspecified atom stereocenters. The Balaban J connectivity index is 0.000000203. The molecule has 5 heteroatoms. The van der Waals surface area contributed by atoms with Gasteiger partial charge in [0.25, 0.3) is 6.47 Å². The van der Waals surface area contributed by atoms with E-state index in [4.69, 9.17) is 0 Å². The number of carbonyl (C=O) groups excluding carboxylic acids is 1. The average molecular weight is 253 g/mol. The van der Waals surface area contributed by atoms with Crippen LogP contribution in [0.25, 0.3) is 0 Å². The molecule has 102 valence electrons. The Morgan fingerprint density at radius 3 is 2.44 bits per heavy atom. The van der Waals surface area contributed by atoms with E-state index in [-0.39, 0.29) is 5.60 Å². The molecule has 0 spiro atoms. The van der Waals surface area contributed by atoms with E-state index < -0.39 is 0 Å². The van der Waals surface area contributed by atoms with Gasteiger partial charge in [0.2, 0.25) is 0 Å². The number of imidazole rings is 1. The molecule has 0 atom stereocenters. The van der Waals surface area contributed by atoms with Gasteiger partial charge < -0.3 is 15.0 Å². The van der Waals surface area contributed by atoms with Gasteiger partial charge in [0.15, 0.2) is 0 Å². The van der Waals surface area contributed by atoms with Gasteiger partial charge in [-0.2, -0.15) is 0 Å². The number of rotatable bonds is 2. The first-order valence-electron chi connectivity index (χ1n) is 6.34. The molecule has 5 nitrogen and oxygen atoms in total. The molecular weight excluding hydrogens is 230 g/mol. The minimum Gasteiger partial charge on any atom is -0.462 e. The van der Waals surface area contributed by atoms with E-state index in [9.17, 15) is 4.79 Å². The molecule has 2 rings (SSSR count). The van der Waals surface area contributed by atoms with Crippen LogP contribution in [-0.2, 0) is 9.53 Å². The van der Waals surface area contributed by atoms with Crippen LogP contribution < -0.4 is 5.32 Å². The van der Waals surface area contributed by atoms with Gasteiger partial charge in [-0.3, -0.25) is 4.79 Å². The Labute approximate surface area is 108 Å². The van der Waals surface area contributed by atoms with Gasteiger partial charge in [0.05, 0.1) is 0 Å². The zero-order valence-electron chi connectivity index (χ0n) is 11.4. The highest BCUT2D eigenvalue weighted by Crippen LogP contribution is 2.20. The lowest BCUT2D eigenvalue weighted by atomic mass is 9.98. The number of nitrogens with one attached hydrogen (secondary N) is 2. The van der Waals surface area contributed by atoms with Gasteiger partial charge in [0, 0.05) is 18.3 Å². The number of carbonyl (C=O) groups is 1. The summed E-state index contributed by atoms with van der Waals surface area (Å²) in [6.07, 6.45) is 6.16. The summed E-state index contributed by atoms with van der Waals surface area (Å²) in [6.45, 7) is 8.18. The molecule has 2 N–H and O–H groups in total. The van der Waals surface area contributed by atoms with Gasteiger partial charge in [-0.1, -0.05) is 0 Å². The number of piperidine rings is 1. The van der Waals surface area contributed by atoms with Gasteiger partial charge in [-0.15, -0.1) is 0 Å². The molecule has 0 aromatic carbocycles. The minimum absolute atomic E-state index is 0.318. The van der Waals surface area contributed by atoms with E-state index in [0.717, 1.165) is 18.9 Å². The zero-order valence-corrected chi connectivity index (χ0v) is 11.4. The summed E-state index contributed by atoms with van der Waals surface area (Å²) in [5.74, 6) is 1.82. The first-order valence-corrected chi connectivity index (χ1v) is 6.34. The van der Waals surface area contributed by atoms with Crippen LogP contribution in [0.1, 0.15) is 45.4 Å². The van der Waals surface area contributed by atoms with Crippen molar-refractivity contribution in [2.75, 3.05) is 13.1 Å². The maximum atomic E-state index is 9.60. The molecule has 1 saturated heterocycles. The molecule has 18 heavy (non-hydrogen) atoms. The number of hydrogen-bond acceptors (Lipinski definition) is 4. The summed E-state index contributed by atoms with van der Waals surface area (Å²) in [4.78, 5) is 17.0. The summed E-state index contributed by atoms with van der Waals surface area (Å²) in [5, 5.41) is 3.33. The van der Waals surface area contributed by atoms with Gasteiger partial charge in [-0.05, 0) is 46.7 Å². The fraction of sp³-hybridized carbons (Fsp3) is 0.692. The Morgan fingerprint density at radius 1 is 1.39 bits per heavy atom. The van der Waals surface area contributed by atoms with Crippen LogP contribution in [-0.4, -0.2) is 35.1 Å². The summed E-state index contributed by atoms with van der Waals surface area (Å²) >= 11 is 0. The molecule has 0 saturated carbocycles. The average Bonchev–Trinajstić information content (AvgIpc) is 2.83. The molecule has 0 bridgehead atoms. The Kier molecular flexibility index (Phi) is 5.85. The smallest absolute Gasteiger partial charge is 0.293 e. The van der Waals surface area contributed by atoms with Gasteiger partial charge in [-0.25, -0.2) is 4.98 Å². The standard InChI is InChI=1S/C8H13N3.C5H10O2/c1-3-9-4-2-7(1)8-10-5-6-11-8;1-5(2,3)7-4-6/h5-7,9H,1-4H2,(H,10,11);4H,1-3H3. The third-order valence-electron chi connectivity index (χ3n) is 2.65. The van der Waals surface area contributed by atoms with Crippen LogP contribution in [0.4, 0.5) is 0 Å². The van der Waals surface area contributed by atoms with Crippen molar-refractivity contribution in [2.45, 2.75) is 45.1 Å². The summed E-state index contributed by atoms with van der Waals surface area (Å²) < 4.78 is 4.55. The van der Waals surface area contributed by atoms with Crippen molar-refractivity contribution < 1.29 is 9.53 Å². The predicted octanol–water partition coefficient (Wildman–Crippen LogP) is 1.83. The Morgan fingerprint density at radius 2 is 2.06 bits per heavy atom. The van der Waals surface area contributed by atoms with E-state index in [1.54, 1.807) is 0 Å². The SMILES string of the molecule is CC(C)(C)OC=O.c1c[nH]c(C2CCNCC2)n1. The van der Waals surface area contributed by atoms with E-state index in [2.05, 4.69) is 20.0 Å². The lowest BCUT2D eigenvalue weighted by molar-refractivity contribution is -0.138. The van der Waals surface area contributed by atoms with E-state index in [1.165, 1.54) is 12.8 Å². The molecule has 0 aliphatic carbocycles. The zero-order chi connectivity index (χ0) is 13.4. The van der Waals surface area contributed by atoms with Gasteiger partial charge >= 0.3 is 0 Å². The second-order valence-electron chi connectivity index (χ2n) is 5.33. The molecule has 1 aromatic heterocycles. The van der Waals surface area contributed by atoms with Crippen molar-refractivity contribution >= 4 is 6.47 Å². The molecule has 1 aliphatic heterocycles. The highest BCUT2D eigenvalue weighted by atomic mass is 16.5. The second-order valence-corrected chi connectivity index (χ2v) is 5.33.